The summed E-state index contributed by atoms with van der Waals surface area (Å²) in [5.41, 5.74) is 0.517. The minimum absolute atomic E-state index is 0.0235. The third-order valence-corrected chi connectivity index (χ3v) is 15.9. The molecule has 79 heavy (non-hydrogen) atoms. The van der Waals surface area contributed by atoms with Crippen molar-refractivity contribution in [3.63, 3.8) is 0 Å². The summed E-state index contributed by atoms with van der Waals surface area (Å²) in [5.74, 6) is -9.52. The second kappa shape index (κ2) is 23.0. The number of anilines is 2. The van der Waals surface area contributed by atoms with E-state index in [4.69, 9.17) is 4.63 Å². The normalized spacial score (nSPS) is 19.6. The molecule has 0 bridgehead atoms. The zero-order chi connectivity index (χ0) is 57.6. The van der Waals surface area contributed by atoms with Crippen LogP contribution in [0.1, 0.15) is 139 Å². The van der Waals surface area contributed by atoms with Crippen LogP contribution in [0.3, 0.4) is 0 Å². The summed E-state index contributed by atoms with van der Waals surface area (Å²) in [7, 11) is 1.01. The van der Waals surface area contributed by atoms with Crippen LogP contribution >= 0.6 is 0 Å². The summed E-state index contributed by atoms with van der Waals surface area (Å²) in [6, 6.07) is 3.34. The number of hydrogen-bond acceptors (Lipinski definition) is 10. The highest BCUT2D eigenvalue weighted by Gasteiger charge is 2.54. The number of carbonyl (C=O) groups excluding carboxylic acids is 6. The molecule has 2 aromatic carbocycles. The molecule has 0 radical (unpaired) electrons. The van der Waals surface area contributed by atoms with E-state index in [2.05, 4.69) is 36.7 Å². The van der Waals surface area contributed by atoms with E-state index < -0.39 is 108 Å². The standard InChI is InChI=1S/C54H64F8N10O7/c1-24-16-39(37(55)20-34(24)27(4)47(73)63-22-53(57,58)59)66-51(77)46(68-49(75)44-29(6)69-79-70-44)43(32-12-13-32)36-19-33(36)18-26(3)72-41(14-15-64-72)48(74)67-45(42(30-8-9-30)31-10-11-31)50(76)65-40-17-25(2)35(21-38(40)56)28(5)52(78)71(7)23-54(60,61)62/h14-17,20-21,26-28,30-33,36,42-43,45-46H,8-13,18-19,22-23H2,1-7H3,(H,63,73)(H,65,76)(H,66,77)(H,67,74)(H,68,75)/t26?,27?,28?,33?,36?,43?,45-,46-/m0/s1. The molecule has 4 aliphatic rings. The molecule has 5 N–H and O–H groups in total. The van der Waals surface area contributed by atoms with Gasteiger partial charge in [-0.15, -0.1) is 0 Å². The molecule has 2 heterocycles. The molecule has 4 fully saturated rings. The number of benzene rings is 2. The first-order valence-corrected chi connectivity index (χ1v) is 26.4. The Hall–Kier alpha value is -6.95. The first-order valence-electron chi connectivity index (χ1n) is 26.4. The minimum Gasteiger partial charge on any atom is -0.346 e. The van der Waals surface area contributed by atoms with E-state index >= 15 is 8.78 Å². The molecular weight excluding hydrogens is 1050 g/mol. The number of nitrogens with one attached hydrogen (secondary N) is 5. The molecule has 0 saturated heterocycles. The monoisotopic (exact) mass is 1120 g/mol. The maximum atomic E-state index is 15.9. The Morgan fingerprint density at radius 1 is 0.709 bits per heavy atom. The Morgan fingerprint density at radius 2 is 1.23 bits per heavy atom. The van der Waals surface area contributed by atoms with Gasteiger partial charge in [-0.05, 0) is 192 Å². The van der Waals surface area contributed by atoms with Crippen LogP contribution in [0.5, 0.6) is 0 Å². The Bertz CT molecular complexity index is 2960. The number of halogens is 8. The zero-order valence-electron chi connectivity index (χ0n) is 44.6. The van der Waals surface area contributed by atoms with E-state index in [1.54, 1.807) is 16.9 Å². The smallest absolute Gasteiger partial charge is 0.346 e. The van der Waals surface area contributed by atoms with Crippen LogP contribution in [0, 0.1) is 73.8 Å². The highest BCUT2D eigenvalue weighted by molar-refractivity contribution is 6.02. The van der Waals surface area contributed by atoms with Crippen LogP contribution in [0.2, 0.25) is 0 Å². The Labute approximate surface area is 450 Å². The Morgan fingerprint density at radius 3 is 1.73 bits per heavy atom. The highest BCUT2D eigenvalue weighted by Crippen LogP contribution is 2.57. The van der Waals surface area contributed by atoms with E-state index in [0.29, 0.717) is 28.9 Å². The summed E-state index contributed by atoms with van der Waals surface area (Å²) in [6.07, 6.45) is -1.95. The average Bonchev–Trinajstić information content (AvgIpc) is 4.29. The lowest BCUT2D eigenvalue weighted by atomic mass is 9.86. The Kier molecular flexibility index (Phi) is 17.0. The molecule has 6 unspecified atom stereocenters. The first-order chi connectivity index (χ1) is 37.1. The van der Waals surface area contributed by atoms with Gasteiger partial charge in [0.2, 0.25) is 23.6 Å². The summed E-state index contributed by atoms with van der Waals surface area (Å²) >= 11 is 0. The summed E-state index contributed by atoms with van der Waals surface area (Å²) < 4.78 is 116. The van der Waals surface area contributed by atoms with Gasteiger partial charge in [-0.3, -0.25) is 33.4 Å². The lowest BCUT2D eigenvalue weighted by Gasteiger charge is -2.29. The molecule has 2 aromatic heterocycles. The molecule has 17 nitrogen and oxygen atoms in total. The lowest BCUT2D eigenvalue weighted by Crippen LogP contribution is -2.50. The van der Waals surface area contributed by atoms with Gasteiger partial charge in [0.25, 0.3) is 11.8 Å². The first kappa shape index (κ1) is 58.2. The van der Waals surface area contributed by atoms with Gasteiger partial charge in [0.15, 0.2) is 5.69 Å². The van der Waals surface area contributed by atoms with Gasteiger partial charge in [-0.2, -0.15) is 31.4 Å². The van der Waals surface area contributed by atoms with E-state index in [1.807, 2.05) is 6.92 Å². The second-order valence-corrected chi connectivity index (χ2v) is 22.1. The van der Waals surface area contributed by atoms with Crippen molar-refractivity contribution in [2.75, 3.05) is 30.8 Å². The molecule has 25 heteroatoms. The predicted octanol–water partition coefficient (Wildman–Crippen LogP) is 8.60. The fourth-order valence-electron chi connectivity index (χ4n) is 11.4. The molecule has 4 saturated carbocycles. The predicted molar refractivity (Wildman–Crippen MR) is 269 cm³/mol. The van der Waals surface area contributed by atoms with Crippen LogP contribution < -0.4 is 26.6 Å². The number of alkyl halides is 6. The van der Waals surface area contributed by atoms with E-state index in [9.17, 15) is 55.1 Å². The maximum Gasteiger partial charge on any atom is 0.406 e. The van der Waals surface area contributed by atoms with Crippen molar-refractivity contribution in [3.05, 3.63) is 87.5 Å². The summed E-state index contributed by atoms with van der Waals surface area (Å²) in [6.45, 7) is 6.07. The number of aromatic nitrogens is 4. The van der Waals surface area contributed by atoms with Crippen molar-refractivity contribution >= 4 is 46.8 Å². The summed E-state index contributed by atoms with van der Waals surface area (Å²) in [5, 5.41) is 24.7. The SMILES string of the molecule is Cc1cc(NC(=O)[C@@H](NC(=O)c2nonc2C)C(C2CC2)C2CC2CC(C)n2nccc2C(=O)N[C@H](C(=O)Nc2cc(C)c(C(C)C(=O)N(C)CC(F)(F)F)cc2F)C(C2CC2)C2CC2)c(F)cc1C(C)C(=O)NCC(F)(F)F. The molecule has 6 amide bonds. The molecule has 4 aliphatic carbocycles. The van der Waals surface area contributed by atoms with Crippen molar-refractivity contribution in [1.82, 2.24) is 40.9 Å². The number of hydrogen-bond donors (Lipinski definition) is 5. The second-order valence-electron chi connectivity index (χ2n) is 22.1. The van der Waals surface area contributed by atoms with Crippen molar-refractivity contribution in [1.29, 1.82) is 0 Å². The average molecular weight is 1120 g/mol. The molecule has 428 valence electrons. The summed E-state index contributed by atoms with van der Waals surface area (Å²) in [4.78, 5) is 83.0. The van der Waals surface area contributed by atoms with Crippen molar-refractivity contribution in [2.24, 2.45) is 41.4 Å². The van der Waals surface area contributed by atoms with Crippen molar-refractivity contribution in [2.45, 2.75) is 135 Å². The number of rotatable bonds is 23. The van der Waals surface area contributed by atoms with Crippen molar-refractivity contribution in [3.8, 4) is 0 Å². The molecule has 0 aliphatic heterocycles. The molecule has 0 spiro atoms. The fourth-order valence-corrected chi connectivity index (χ4v) is 11.4. The van der Waals surface area contributed by atoms with Crippen LogP contribution in [-0.2, 0) is 19.2 Å². The van der Waals surface area contributed by atoms with Crippen LogP contribution in [0.25, 0.3) is 0 Å². The highest BCUT2D eigenvalue weighted by atomic mass is 19.4. The third kappa shape index (κ3) is 14.1. The van der Waals surface area contributed by atoms with Gasteiger partial charge in [0.1, 0.15) is 48.2 Å². The minimum atomic E-state index is -4.66. The van der Waals surface area contributed by atoms with Gasteiger partial charge in [0.05, 0.1) is 29.3 Å². The Balaban J connectivity index is 0.970. The van der Waals surface area contributed by atoms with Gasteiger partial charge < -0.3 is 31.5 Å². The van der Waals surface area contributed by atoms with Crippen LogP contribution in [0.15, 0.2) is 41.2 Å². The number of likely N-dealkylation sites (N-methyl/N-ethyl adjacent to an activating group) is 1. The number of aryl methyl sites for hydroxylation is 3. The lowest BCUT2D eigenvalue weighted by molar-refractivity contribution is -0.159. The van der Waals surface area contributed by atoms with Gasteiger partial charge in [0, 0.05) is 13.2 Å². The van der Waals surface area contributed by atoms with E-state index in [1.165, 1.54) is 52.1 Å². The number of nitrogens with zero attached hydrogens (tertiary/aromatic N) is 5. The number of carbonyl (C=O) groups is 6. The quantitative estimate of drug-likeness (QED) is 0.0445. The van der Waals surface area contributed by atoms with Crippen LogP contribution in [-0.4, -0.2) is 105 Å². The van der Waals surface area contributed by atoms with Gasteiger partial charge >= 0.3 is 12.4 Å². The zero-order valence-corrected chi connectivity index (χ0v) is 44.6. The number of amides is 6. The third-order valence-electron chi connectivity index (χ3n) is 15.9. The van der Waals surface area contributed by atoms with E-state index in [0.717, 1.165) is 57.7 Å². The molecule has 4 aromatic rings. The fraction of sp³-hybridized carbons (Fsp3) is 0.574. The topological polar surface area (TPSA) is 223 Å². The maximum absolute atomic E-state index is 15.9. The molecule has 8 rings (SSSR count). The largest absolute Gasteiger partial charge is 0.406 e. The van der Waals surface area contributed by atoms with Crippen molar-refractivity contribution < 1.29 is 68.5 Å². The molecular formula is C54H64F8N10O7. The van der Waals surface area contributed by atoms with Gasteiger partial charge in [-0.1, -0.05) is 5.16 Å². The van der Waals surface area contributed by atoms with E-state index in [-0.39, 0.29) is 75.1 Å². The van der Waals surface area contributed by atoms with Crippen LogP contribution in [0.4, 0.5) is 46.5 Å². The van der Waals surface area contributed by atoms with Gasteiger partial charge in [-0.25, -0.2) is 13.4 Å². The molecule has 8 atom stereocenters.